The summed E-state index contributed by atoms with van der Waals surface area (Å²) in [6.07, 6.45) is 2.83. The lowest BCUT2D eigenvalue weighted by molar-refractivity contribution is 0.0990. The maximum atomic E-state index is 6.64. The maximum absolute atomic E-state index is 6.64. The molecule has 2 N–H and O–H groups in total. The number of morpholine rings is 1. The summed E-state index contributed by atoms with van der Waals surface area (Å²) in [5, 5.41) is 1.48. The highest BCUT2D eigenvalue weighted by molar-refractivity contribution is 6.41. The Labute approximate surface area is 182 Å². The van der Waals surface area contributed by atoms with E-state index in [1.54, 1.807) is 12.3 Å². The van der Waals surface area contributed by atoms with Crippen LogP contribution in [0.5, 0.6) is 11.5 Å². The topological polar surface area (TPSA) is 95.6 Å². The van der Waals surface area contributed by atoms with Gasteiger partial charge in [-0.05, 0) is 12.5 Å². The number of aromatic nitrogens is 3. The number of nitrogens with zero attached hydrogens (tertiary/aromatic N) is 4. The van der Waals surface area contributed by atoms with Gasteiger partial charge in [-0.3, -0.25) is 0 Å². The van der Waals surface area contributed by atoms with Gasteiger partial charge < -0.3 is 24.8 Å². The fourth-order valence-electron chi connectivity index (χ4n) is 4.13. The van der Waals surface area contributed by atoms with E-state index in [0.29, 0.717) is 50.7 Å². The standard InChI is InChI=1S/C20H19Cl2N5O3/c1-28-13-5-14(29-2)17(22)15(16(13)21)12-3-9-6-24-20(23)26-18(9)19(25-12)27-7-11-4-10(27)8-30-11/h3,5-6,10-11H,4,7-8H2,1-2H3,(H2,23,24,26). The largest absolute Gasteiger partial charge is 0.495 e. The molecule has 30 heavy (non-hydrogen) atoms. The molecule has 2 aliphatic rings. The van der Waals surface area contributed by atoms with Crippen molar-refractivity contribution in [2.45, 2.75) is 18.6 Å². The number of hydrogen-bond acceptors (Lipinski definition) is 8. The molecule has 2 aromatic heterocycles. The molecular formula is C20H19Cl2N5O3. The molecule has 0 aliphatic carbocycles. The third-order valence-corrected chi connectivity index (χ3v) is 6.32. The van der Waals surface area contributed by atoms with Gasteiger partial charge in [-0.25, -0.2) is 15.0 Å². The van der Waals surface area contributed by atoms with Gasteiger partial charge in [0.15, 0.2) is 5.82 Å². The van der Waals surface area contributed by atoms with E-state index in [1.165, 1.54) is 14.2 Å². The Morgan fingerprint density at radius 3 is 2.47 bits per heavy atom. The van der Waals surface area contributed by atoms with Crippen molar-refractivity contribution in [2.24, 2.45) is 0 Å². The lowest BCUT2D eigenvalue weighted by Crippen LogP contribution is -2.37. The number of pyridine rings is 1. The summed E-state index contributed by atoms with van der Waals surface area (Å²) in [5.41, 5.74) is 7.65. The molecule has 0 saturated carbocycles. The van der Waals surface area contributed by atoms with Gasteiger partial charge >= 0.3 is 0 Å². The minimum absolute atomic E-state index is 0.193. The van der Waals surface area contributed by atoms with Crippen molar-refractivity contribution in [3.05, 3.63) is 28.4 Å². The Balaban J connectivity index is 1.77. The molecule has 0 spiro atoms. The lowest BCUT2D eigenvalue weighted by Gasteiger charge is -2.29. The van der Waals surface area contributed by atoms with E-state index in [1.807, 2.05) is 6.07 Å². The van der Waals surface area contributed by atoms with Crippen LogP contribution in [0.15, 0.2) is 18.3 Å². The molecule has 5 rings (SSSR count). The summed E-state index contributed by atoms with van der Waals surface area (Å²) in [5.74, 6) is 1.79. The van der Waals surface area contributed by atoms with Crippen molar-refractivity contribution < 1.29 is 14.2 Å². The maximum Gasteiger partial charge on any atom is 0.220 e. The van der Waals surface area contributed by atoms with E-state index in [2.05, 4.69) is 14.9 Å². The number of halogens is 2. The van der Waals surface area contributed by atoms with E-state index in [0.717, 1.165) is 18.4 Å². The summed E-state index contributed by atoms with van der Waals surface area (Å²) in [6, 6.07) is 3.73. The number of nitrogens with two attached hydrogens (primary N) is 1. The van der Waals surface area contributed by atoms with Crippen LogP contribution in [-0.2, 0) is 4.74 Å². The number of nitrogen functional groups attached to an aromatic ring is 1. The molecule has 4 heterocycles. The van der Waals surface area contributed by atoms with Gasteiger partial charge in [0, 0.05) is 29.8 Å². The third kappa shape index (κ3) is 2.98. The predicted octanol–water partition coefficient (Wildman–Crippen LogP) is 3.58. The zero-order chi connectivity index (χ0) is 21.0. The van der Waals surface area contributed by atoms with Crippen LogP contribution in [0.25, 0.3) is 22.2 Å². The number of fused-ring (bicyclic) bond motifs is 3. The van der Waals surface area contributed by atoms with Gasteiger partial charge in [0.05, 0.1) is 48.7 Å². The van der Waals surface area contributed by atoms with Crippen LogP contribution in [0.2, 0.25) is 10.0 Å². The first-order valence-electron chi connectivity index (χ1n) is 9.42. The van der Waals surface area contributed by atoms with Crippen LogP contribution in [0.4, 0.5) is 11.8 Å². The molecule has 10 heteroatoms. The van der Waals surface area contributed by atoms with Crippen LogP contribution >= 0.6 is 23.2 Å². The highest BCUT2D eigenvalue weighted by Gasteiger charge is 2.40. The van der Waals surface area contributed by atoms with Crippen molar-refractivity contribution >= 4 is 45.9 Å². The molecule has 1 aromatic carbocycles. The normalized spacial score (nSPS) is 20.2. The summed E-state index contributed by atoms with van der Waals surface area (Å²) in [4.78, 5) is 15.8. The van der Waals surface area contributed by atoms with Crippen LogP contribution in [0.3, 0.4) is 0 Å². The van der Waals surface area contributed by atoms with E-state index < -0.39 is 0 Å². The molecule has 3 aromatic rings. The second-order valence-corrected chi connectivity index (χ2v) is 8.03. The van der Waals surface area contributed by atoms with Gasteiger partial charge in [0.1, 0.15) is 17.0 Å². The summed E-state index contributed by atoms with van der Waals surface area (Å²) < 4.78 is 16.6. The first-order valence-corrected chi connectivity index (χ1v) is 10.2. The van der Waals surface area contributed by atoms with Gasteiger partial charge in [-0.1, -0.05) is 23.2 Å². The molecule has 0 amide bonds. The molecule has 156 valence electrons. The fourth-order valence-corrected chi connectivity index (χ4v) is 4.83. The van der Waals surface area contributed by atoms with Crippen molar-refractivity contribution in [3.63, 3.8) is 0 Å². The van der Waals surface area contributed by atoms with E-state index in [9.17, 15) is 0 Å². The number of rotatable bonds is 4. The molecule has 8 nitrogen and oxygen atoms in total. The molecule has 2 saturated heterocycles. The van der Waals surface area contributed by atoms with E-state index >= 15 is 0 Å². The highest BCUT2D eigenvalue weighted by Crippen LogP contribution is 2.47. The highest BCUT2D eigenvalue weighted by atomic mass is 35.5. The van der Waals surface area contributed by atoms with Crippen molar-refractivity contribution in [1.82, 2.24) is 15.0 Å². The summed E-state index contributed by atoms with van der Waals surface area (Å²) in [6.45, 7) is 1.40. The number of benzene rings is 1. The molecule has 0 radical (unpaired) electrons. The van der Waals surface area contributed by atoms with Gasteiger partial charge in [-0.15, -0.1) is 0 Å². The number of hydrogen-bond donors (Lipinski definition) is 1. The molecule has 2 unspecified atom stereocenters. The molecule has 2 atom stereocenters. The average Bonchev–Trinajstić information content (AvgIpc) is 3.37. The van der Waals surface area contributed by atoms with E-state index in [4.69, 9.17) is 48.1 Å². The summed E-state index contributed by atoms with van der Waals surface area (Å²) >= 11 is 13.3. The smallest absolute Gasteiger partial charge is 0.220 e. The minimum Gasteiger partial charge on any atom is -0.495 e. The second kappa shape index (κ2) is 7.30. The molecule has 2 bridgehead atoms. The molecular weight excluding hydrogens is 429 g/mol. The number of methoxy groups -OCH3 is 2. The molecule has 2 fully saturated rings. The summed E-state index contributed by atoms with van der Waals surface area (Å²) in [7, 11) is 3.07. The zero-order valence-electron chi connectivity index (χ0n) is 16.4. The van der Waals surface area contributed by atoms with Crippen LogP contribution in [0, 0.1) is 0 Å². The van der Waals surface area contributed by atoms with Gasteiger partial charge in [0.2, 0.25) is 5.95 Å². The second-order valence-electron chi connectivity index (χ2n) is 7.28. The first kappa shape index (κ1) is 19.4. The van der Waals surface area contributed by atoms with Crippen LogP contribution in [-0.4, -0.2) is 54.5 Å². The van der Waals surface area contributed by atoms with Crippen molar-refractivity contribution in [1.29, 1.82) is 0 Å². The SMILES string of the molecule is COc1cc(OC)c(Cl)c(-c2cc3cnc(N)nc3c(N3CC4CC3CO4)n2)c1Cl. The van der Waals surface area contributed by atoms with Gasteiger partial charge in [-0.2, -0.15) is 0 Å². The molecule has 2 aliphatic heterocycles. The van der Waals surface area contributed by atoms with Crippen LogP contribution < -0.4 is 20.1 Å². The zero-order valence-corrected chi connectivity index (χ0v) is 17.9. The predicted molar refractivity (Wildman–Crippen MR) is 116 cm³/mol. The fraction of sp³-hybridized carbons (Fsp3) is 0.350. The third-order valence-electron chi connectivity index (χ3n) is 5.57. The Kier molecular flexibility index (Phi) is 4.72. The monoisotopic (exact) mass is 447 g/mol. The minimum atomic E-state index is 0.193. The van der Waals surface area contributed by atoms with Gasteiger partial charge in [0.25, 0.3) is 0 Å². The Bertz CT molecular complexity index is 1130. The lowest BCUT2D eigenvalue weighted by atomic mass is 10.1. The van der Waals surface area contributed by atoms with E-state index in [-0.39, 0.29) is 18.1 Å². The quantitative estimate of drug-likeness (QED) is 0.647. The Morgan fingerprint density at radius 1 is 1.13 bits per heavy atom. The first-order chi connectivity index (χ1) is 14.5. The average molecular weight is 448 g/mol. The number of anilines is 2. The Morgan fingerprint density at radius 2 is 1.87 bits per heavy atom. The Hall–Kier alpha value is -2.55. The number of ether oxygens (including phenoxy) is 3. The van der Waals surface area contributed by atoms with Crippen molar-refractivity contribution in [3.8, 4) is 22.8 Å². The van der Waals surface area contributed by atoms with Crippen molar-refractivity contribution in [2.75, 3.05) is 38.0 Å². The van der Waals surface area contributed by atoms with Crippen LogP contribution in [0.1, 0.15) is 6.42 Å².